The number of carbonyl (C=O) groups excluding carboxylic acids is 2. The van der Waals surface area contributed by atoms with E-state index in [-0.39, 0.29) is 36.2 Å². The lowest BCUT2D eigenvalue weighted by Crippen LogP contribution is -2.46. The third kappa shape index (κ3) is 9.13. The fourth-order valence-electron chi connectivity index (χ4n) is 7.29. The number of hydrogen-bond donors (Lipinski definition) is 6. The first-order valence-corrected chi connectivity index (χ1v) is 18.7. The van der Waals surface area contributed by atoms with Gasteiger partial charge in [-0.05, 0) is 113 Å². The molecule has 4 aromatic carbocycles. The van der Waals surface area contributed by atoms with Gasteiger partial charge in [0.25, 0.3) is 0 Å². The Bertz CT molecular complexity index is 2140. The molecule has 6 N–H and O–H groups in total. The molecule has 2 aliphatic heterocycles. The van der Waals surface area contributed by atoms with Gasteiger partial charge in [0.15, 0.2) is 0 Å². The number of fused-ring (bicyclic) bond motifs is 2. The number of para-hydroxylation sites is 4. The second kappa shape index (κ2) is 17.2. The van der Waals surface area contributed by atoms with Crippen LogP contribution in [-0.4, -0.2) is 81.1 Å². The summed E-state index contributed by atoms with van der Waals surface area (Å²) in [6, 6.07) is 33.7. The first-order valence-electron chi connectivity index (χ1n) is 18.7. The van der Waals surface area contributed by atoms with E-state index in [9.17, 15) is 9.59 Å². The van der Waals surface area contributed by atoms with Crippen LogP contribution in [0.15, 0.2) is 97.1 Å². The molecule has 0 spiro atoms. The van der Waals surface area contributed by atoms with Crippen LogP contribution in [0.25, 0.3) is 22.1 Å². The smallest absolute Gasteiger partial charge is 0.319 e. The maximum absolute atomic E-state index is 12.4. The molecule has 4 amide bonds. The highest BCUT2D eigenvalue weighted by molar-refractivity contribution is 5.90. The number of urea groups is 2. The summed E-state index contributed by atoms with van der Waals surface area (Å²) in [5.74, 6) is 1.87. The Morgan fingerprint density at radius 1 is 0.625 bits per heavy atom. The number of rotatable bonds is 6. The molecule has 284 valence electrons. The Labute approximate surface area is 324 Å². The van der Waals surface area contributed by atoms with E-state index in [1.165, 1.54) is 0 Å². The molecule has 0 aliphatic carbocycles. The standard InChI is InChI=1S/2C21H22N6O/c2*1-27-11-10-16(24-21(28)23-15-8-6-14(13-22)7-9-15)12-19(27)20-25-17-4-2-3-5-18(17)26-20/h2*2-9,16,19H,10-12H2,1H3,(H,25,26)(H2,23,24,28)/t2*16-,19-/m11/s1. The van der Waals surface area contributed by atoms with Crippen LogP contribution in [0.4, 0.5) is 21.0 Å². The molecule has 8 rings (SSSR count). The van der Waals surface area contributed by atoms with Gasteiger partial charge in [-0.1, -0.05) is 24.3 Å². The molecule has 14 heteroatoms. The number of aromatic amines is 2. The number of piperidine rings is 2. The molecule has 6 aromatic rings. The molecular formula is C42H44N12O2. The summed E-state index contributed by atoms with van der Waals surface area (Å²) in [5, 5.41) is 29.5. The second-order valence-electron chi connectivity index (χ2n) is 14.3. The second-order valence-corrected chi connectivity index (χ2v) is 14.3. The van der Waals surface area contributed by atoms with E-state index < -0.39 is 0 Å². The van der Waals surface area contributed by atoms with Crippen molar-refractivity contribution in [2.75, 3.05) is 37.8 Å². The Balaban J connectivity index is 0.000000172. The third-order valence-corrected chi connectivity index (χ3v) is 10.4. The zero-order valence-electron chi connectivity index (χ0n) is 31.3. The van der Waals surface area contributed by atoms with Crippen LogP contribution in [0.5, 0.6) is 0 Å². The van der Waals surface area contributed by atoms with E-state index in [4.69, 9.17) is 20.5 Å². The Hall–Kier alpha value is -6.74. The summed E-state index contributed by atoms with van der Waals surface area (Å²) in [6.07, 6.45) is 3.34. The highest BCUT2D eigenvalue weighted by Crippen LogP contribution is 2.31. The molecule has 0 unspecified atom stereocenters. The van der Waals surface area contributed by atoms with E-state index >= 15 is 0 Å². The Morgan fingerprint density at radius 2 is 1.02 bits per heavy atom. The highest BCUT2D eigenvalue weighted by atomic mass is 16.2. The van der Waals surface area contributed by atoms with Crippen molar-refractivity contribution in [2.24, 2.45) is 0 Å². The molecule has 2 fully saturated rings. The molecule has 0 saturated carbocycles. The zero-order valence-corrected chi connectivity index (χ0v) is 31.3. The SMILES string of the molecule is CN1CC[C@@H](NC(=O)Nc2ccc(C#N)cc2)C[C@@H]1c1nc2ccccc2[nH]1.CN1CC[C@@H](NC(=O)Nc2ccc(C#N)cc2)C[C@@H]1c1nc2ccccc2[nH]1. The summed E-state index contributed by atoms with van der Waals surface area (Å²) >= 11 is 0. The third-order valence-electron chi connectivity index (χ3n) is 10.4. The van der Waals surface area contributed by atoms with Gasteiger partial charge in [-0.2, -0.15) is 10.5 Å². The summed E-state index contributed by atoms with van der Waals surface area (Å²) < 4.78 is 0. The molecule has 2 saturated heterocycles. The summed E-state index contributed by atoms with van der Waals surface area (Å²) in [6.45, 7) is 1.76. The summed E-state index contributed by atoms with van der Waals surface area (Å²) in [4.78, 5) is 45.6. The van der Waals surface area contributed by atoms with Gasteiger partial charge in [0.1, 0.15) is 11.6 Å². The van der Waals surface area contributed by atoms with Crippen LogP contribution >= 0.6 is 0 Å². The fourth-order valence-corrected chi connectivity index (χ4v) is 7.29. The van der Waals surface area contributed by atoms with Crippen molar-refractivity contribution in [3.63, 3.8) is 0 Å². The molecule has 4 atom stereocenters. The average Bonchev–Trinajstić information content (AvgIpc) is 3.85. The van der Waals surface area contributed by atoms with Crippen LogP contribution in [0.2, 0.25) is 0 Å². The number of amides is 4. The van der Waals surface area contributed by atoms with Gasteiger partial charge in [-0.3, -0.25) is 9.80 Å². The van der Waals surface area contributed by atoms with Gasteiger partial charge in [-0.15, -0.1) is 0 Å². The summed E-state index contributed by atoms with van der Waals surface area (Å²) in [7, 11) is 4.18. The lowest BCUT2D eigenvalue weighted by Gasteiger charge is -2.36. The maximum Gasteiger partial charge on any atom is 0.319 e. The number of imidazole rings is 2. The number of carbonyl (C=O) groups is 2. The molecule has 2 aliphatic rings. The van der Waals surface area contributed by atoms with Gasteiger partial charge >= 0.3 is 12.1 Å². The number of nitrogens with one attached hydrogen (secondary N) is 6. The molecule has 0 bridgehead atoms. The van der Waals surface area contributed by atoms with Crippen molar-refractivity contribution >= 4 is 45.5 Å². The van der Waals surface area contributed by atoms with Crippen molar-refractivity contribution in [1.82, 2.24) is 40.4 Å². The van der Waals surface area contributed by atoms with Crippen molar-refractivity contribution in [2.45, 2.75) is 49.9 Å². The molecule has 2 aromatic heterocycles. The minimum Gasteiger partial charge on any atom is -0.341 e. The molecular weight excluding hydrogens is 705 g/mol. The van der Waals surface area contributed by atoms with Crippen LogP contribution in [0, 0.1) is 22.7 Å². The number of anilines is 2. The molecule has 14 nitrogen and oxygen atoms in total. The molecule has 0 radical (unpaired) electrons. The number of benzene rings is 4. The summed E-state index contributed by atoms with van der Waals surface area (Å²) in [5.41, 5.74) is 6.43. The van der Waals surface area contributed by atoms with Gasteiger partial charge < -0.3 is 31.2 Å². The predicted octanol–water partition coefficient (Wildman–Crippen LogP) is 6.78. The van der Waals surface area contributed by atoms with Gasteiger partial charge in [-0.25, -0.2) is 19.6 Å². The number of nitrogens with zero attached hydrogens (tertiary/aromatic N) is 6. The zero-order chi connectivity index (χ0) is 39.0. The highest BCUT2D eigenvalue weighted by Gasteiger charge is 2.31. The minimum absolute atomic E-state index is 0.0628. The minimum atomic E-state index is -0.234. The number of aromatic nitrogens is 4. The maximum atomic E-state index is 12.4. The largest absolute Gasteiger partial charge is 0.341 e. The average molecular weight is 749 g/mol. The van der Waals surface area contributed by atoms with Gasteiger partial charge in [0.05, 0.1) is 57.4 Å². The first kappa shape index (κ1) is 37.6. The quantitative estimate of drug-likeness (QED) is 0.107. The first-order chi connectivity index (χ1) is 27.2. The lowest BCUT2D eigenvalue weighted by molar-refractivity contribution is 0.153. The van der Waals surface area contributed by atoms with Crippen LogP contribution in [0.3, 0.4) is 0 Å². The number of H-pyrrole nitrogens is 2. The van der Waals surface area contributed by atoms with Gasteiger partial charge in [0.2, 0.25) is 0 Å². The van der Waals surface area contributed by atoms with Crippen LogP contribution in [0.1, 0.15) is 60.5 Å². The number of hydrogen-bond acceptors (Lipinski definition) is 8. The van der Waals surface area contributed by atoms with Crippen molar-refractivity contribution in [1.29, 1.82) is 10.5 Å². The number of nitriles is 2. The van der Waals surface area contributed by atoms with Crippen molar-refractivity contribution < 1.29 is 9.59 Å². The monoisotopic (exact) mass is 748 g/mol. The van der Waals surface area contributed by atoms with E-state index in [1.54, 1.807) is 48.5 Å². The van der Waals surface area contributed by atoms with Crippen LogP contribution in [-0.2, 0) is 0 Å². The van der Waals surface area contributed by atoms with Crippen molar-refractivity contribution in [3.8, 4) is 12.1 Å². The normalized spacial score (nSPS) is 19.9. The van der Waals surface area contributed by atoms with E-state index in [0.717, 1.165) is 72.5 Å². The Kier molecular flexibility index (Phi) is 11.5. The lowest BCUT2D eigenvalue weighted by atomic mass is 9.97. The Morgan fingerprint density at radius 3 is 1.39 bits per heavy atom. The molecule has 4 heterocycles. The van der Waals surface area contributed by atoms with E-state index in [0.29, 0.717) is 22.5 Å². The predicted molar refractivity (Wildman–Crippen MR) is 216 cm³/mol. The van der Waals surface area contributed by atoms with Crippen molar-refractivity contribution in [3.05, 3.63) is 120 Å². The van der Waals surface area contributed by atoms with E-state index in [1.807, 2.05) is 48.5 Å². The van der Waals surface area contributed by atoms with Gasteiger partial charge in [0, 0.05) is 36.5 Å². The fraction of sp³-hybridized carbons (Fsp3) is 0.286. The molecule has 56 heavy (non-hydrogen) atoms. The topological polar surface area (TPSA) is 194 Å². The number of likely N-dealkylation sites (tertiary alicyclic amines) is 2. The van der Waals surface area contributed by atoms with E-state index in [2.05, 4.69) is 67.3 Å². The van der Waals surface area contributed by atoms with Crippen LogP contribution < -0.4 is 21.3 Å².